The molecular formula is C26H24Cl2O4S. The molecule has 0 unspecified atom stereocenters. The van der Waals surface area contributed by atoms with Crippen molar-refractivity contribution in [2.45, 2.75) is 36.5 Å². The number of hydrogen-bond donors (Lipinski definition) is 0. The molecule has 0 fully saturated rings. The van der Waals surface area contributed by atoms with E-state index in [1.807, 2.05) is 42.1 Å². The number of ether oxygens (including phenoxy) is 3. The molecule has 0 saturated heterocycles. The lowest BCUT2D eigenvalue weighted by Gasteiger charge is -2.14. The highest BCUT2D eigenvalue weighted by Crippen LogP contribution is 2.38. The molecule has 4 rings (SSSR count). The number of benzene rings is 3. The average molecular weight is 503 g/mol. The zero-order chi connectivity index (χ0) is 23.2. The number of carbonyl (C=O) groups is 1. The van der Waals surface area contributed by atoms with Gasteiger partial charge in [-0.3, -0.25) is 0 Å². The Morgan fingerprint density at radius 3 is 2.36 bits per heavy atom. The van der Waals surface area contributed by atoms with Gasteiger partial charge in [-0.1, -0.05) is 35.3 Å². The van der Waals surface area contributed by atoms with Gasteiger partial charge in [0.1, 0.15) is 18.1 Å². The van der Waals surface area contributed by atoms with E-state index in [1.54, 1.807) is 6.07 Å². The first kappa shape index (κ1) is 23.8. The summed E-state index contributed by atoms with van der Waals surface area (Å²) >= 11 is 13.9. The molecule has 0 saturated carbocycles. The molecule has 0 N–H and O–H groups in total. The fraction of sp³-hybridized carbons (Fsp3) is 0.269. The SMILES string of the molecule is COC(=O)COc1ccc(SCc2ccc(OCc3cc(Cl)cc(Cl)c3)cc2)c2c1CCC2. The molecule has 0 aliphatic heterocycles. The van der Waals surface area contributed by atoms with Crippen LogP contribution in [0.2, 0.25) is 10.0 Å². The highest BCUT2D eigenvalue weighted by atomic mass is 35.5. The molecule has 1 aliphatic rings. The van der Waals surface area contributed by atoms with Crippen molar-refractivity contribution in [1.82, 2.24) is 0 Å². The van der Waals surface area contributed by atoms with Crippen LogP contribution < -0.4 is 9.47 Å². The van der Waals surface area contributed by atoms with Gasteiger partial charge in [0.15, 0.2) is 6.61 Å². The standard InChI is InChI=1S/C26H24Cl2O4S/c1-30-26(29)15-32-24-9-10-25(23-4-2-3-22(23)24)33-16-17-5-7-21(8-6-17)31-14-18-11-19(27)13-20(28)12-18/h5-13H,2-4,14-16H2,1H3. The predicted octanol–water partition coefficient (Wildman–Crippen LogP) is 6.91. The lowest BCUT2D eigenvalue weighted by Crippen LogP contribution is -2.13. The predicted molar refractivity (Wildman–Crippen MR) is 133 cm³/mol. The Bertz CT molecular complexity index is 1110. The number of hydrogen-bond acceptors (Lipinski definition) is 5. The number of halogens is 2. The molecule has 0 bridgehead atoms. The number of methoxy groups -OCH3 is 1. The molecule has 7 heteroatoms. The Kier molecular flexibility index (Phi) is 8.07. The molecule has 0 atom stereocenters. The van der Waals surface area contributed by atoms with Crippen LogP contribution in [0.3, 0.4) is 0 Å². The molecule has 3 aromatic carbocycles. The summed E-state index contributed by atoms with van der Waals surface area (Å²) in [4.78, 5) is 12.7. The minimum Gasteiger partial charge on any atom is -0.489 e. The molecule has 0 heterocycles. The Balaban J connectivity index is 1.34. The van der Waals surface area contributed by atoms with E-state index in [0.29, 0.717) is 16.7 Å². The van der Waals surface area contributed by atoms with Gasteiger partial charge >= 0.3 is 5.97 Å². The van der Waals surface area contributed by atoms with Gasteiger partial charge in [0.25, 0.3) is 0 Å². The van der Waals surface area contributed by atoms with E-state index >= 15 is 0 Å². The van der Waals surface area contributed by atoms with E-state index in [1.165, 1.54) is 28.7 Å². The lowest BCUT2D eigenvalue weighted by atomic mass is 10.1. The molecule has 0 radical (unpaired) electrons. The van der Waals surface area contributed by atoms with Crippen LogP contribution in [-0.4, -0.2) is 19.7 Å². The van der Waals surface area contributed by atoms with Crippen molar-refractivity contribution in [3.8, 4) is 11.5 Å². The summed E-state index contributed by atoms with van der Waals surface area (Å²) in [5, 5.41) is 1.20. The summed E-state index contributed by atoms with van der Waals surface area (Å²) in [6.07, 6.45) is 3.11. The van der Waals surface area contributed by atoms with Gasteiger partial charge in [0.05, 0.1) is 7.11 Å². The summed E-state index contributed by atoms with van der Waals surface area (Å²) in [6, 6.07) is 17.6. The maximum Gasteiger partial charge on any atom is 0.343 e. The molecule has 0 aromatic heterocycles. The monoisotopic (exact) mass is 502 g/mol. The molecule has 0 spiro atoms. The quantitative estimate of drug-likeness (QED) is 0.235. The second-order valence-electron chi connectivity index (χ2n) is 7.74. The second-order valence-corrected chi connectivity index (χ2v) is 9.63. The van der Waals surface area contributed by atoms with Gasteiger partial charge < -0.3 is 14.2 Å². The van der Waals surface area contributed by atoms with E-state index in [2.05, 4.69) is 22.9 Å². The number of rotatable bonds is 9. The molecule has 172 valence electrons. The van der Waals surface area contributed by atoms with Crippen molar-refractivity contribution < 1.29 is 19.0 Å². The van der Waals surface area contributed by atoms with Gasteiger partial charge in [-0.25, -0.2) is 4.79 Å². The average Bonchev–Trinajstić information content (AvgIpc) is 3.31. The third-order valence-corrected chi connectivity index (χ3v) is 7.03. The molecule has 3 aromatic rings. The molecule has 33 heavy (non-hydrogen) atoms. The highest BCUT2D eigenvalue weighted by Gasteiger charge is 2.20. The maximum atomic E-state index is 11.4. The zero-order valence-electron chi connectivity index (χ0n) is 18.2. The maximum absolute atomic E-state index is 11.4. The second kappa shape index (κ2) is 11.2. The van der Waals surface area contributed by atoms with Crippen LogP contribution in [-0.2, 0) is 34.7 Å². The molecule has 4 nitrogen and oxygen atoms in total. The van der Waals surface area contributed by atoms with Crippen LogP contribution in [0.25, 0.3) is 0 Å². The minimum atomic E-state index is -0.371. The normalized spacial score (nSPS) is 12.3. The minimum absolute atomic E-state index is 0.0613. The van der Waals surface area contributed by atoms with Crippen molar-refractivity contribution >= 4 is 40.9 Å². The number of esters is 1. The van der Waals surface area contributed by atoms with E-state index in [0.717, 1.165) is 42.1 Å². The van der Waals surface area contributed by atoms with E-state index in [4.69, 9.17) is 32.7 Å². The Hall–Kier alpha value is -2.34. The first-order valence-electron chi connectivity index (χ1n) is 10.7. The van der Waals surface area contributed by atoms with Crippen LogP contribution in [0, 0.1) is 0 Å². The van der Waals surface area contributed by atoms with E-state index in [-0.39, 0.29) is 12.6 Å². The van der Waals surface area contributed by atoms with Crippen molar-refractivity contribution in [2.75, 3.05) is 13.7 Å². The molecular weight excluding hydrogens is 479 g/mol. The summed E-state index contributed by atoms with van der Waals surface area (Å²) in [6.45, 7) is 0.346. The smallest absolute Gasteiger partial charge is 0.343 e. The topological polar surface area (TPSA) is 44.8 Å². The zero-order valence-corrected chi connectivity index (χ0v) is 20.6. The van der Waals surface area contributed by atoms with Crippen LogP contribution in [0.4, 0.5) is 0 Å². The third kappa shape index (κ3) is 6.38. The summed E-state index contributed by atoms with van der Waals surface area (Å²) in [7, 11) is 1.36. The van der Waals surface area contributed by atoms with Crippen LogP contribution in [0.15, 0.2) is 59.5 Å². The van der Waals surface area contributed by atoms with Gasteiger partial charge in [-0.2, -0.15) is 0 Å². The van der Waals surface area contributed by atoms with Gasteiger partial charge in [0, 0.05) is 20.7 Å². The van der Waals surface area contributed by atoms with Crippen LogP contribution in [0.5, 0.6) is 11.5 Å². The first-order chi connectivity index (χ1) is 16.0. The lowest BCUT2D eigenvalue weighted by molar-refractivity contribution is -0.142. The number of fused-ring (bicyclic) bond motifs is 1. The van der Waals surface area contributed by atoms with Gasteiger partial charge in [0.2, 0.25) is 0 Å². The Morgan fingerprint density at radius 2 is 1.64 bits per heavy atom. The number of carbonyl (C=O) groups excluding carboxylic acids is 1. The summed E-state index contributed by atoms with van der Waals surface area (Å²) in [5.74, 6) is 2.08. The molecule has 0 amide bonds. The molecule has 1 aliphatic carbocycles. The summed E-state index contributed by atoms with van der Waals surface area (Å²) in [5.41, 5.74) is 4.70. The third-order valence-electron chi connectivity index (χ3n) is 5.42. The first-order valence-corrected chi connectivity index (χ1v) is 12.4. The van der Waals surface area contributed by atoms with Crippen molar-refractivity contribution in [3.63, 3.8) is 0 Å². The van der Waals surface area contributed by atoms with Crippen molar-refractivity contribution in [3.05, 3.63) is 86.9 Å². The van der Waals surface area contributed by atoms with Crippen molar-refractivity contribution in [2.24, 2.45) is 0 Å². The highest BCUT2D eigenvalue weighted by molar-refractivity contribution is 7.98. The fourth-order valence-electron chi connectivity index (χ4n) is 3.81. The Morgan fingerprint density at radius 1 is 0.909 bits per heavy atom. The van der Waals surface area contributed by atoms with Gasteiger partial charge in [-0.05, 0) is 84.0 Å². The van der Waals surface area contributed by atoms with E-state index in [9.17, 15) is 4.79 Å². The van der Waals surface area contributed by atoms with Crippen LogP contribution >= 0.6 is 35.0 Å². The van der Waals surface area contributed by atoms with Crippen molar-refractivity contribution in [1.29, 1.82) is 0 Å². The summed E-state index contributed by atoms with van der Waals surface area (Å²) < 4.78 is 16.2. The fourth-order valence-corrected chi connectivity index (χ4v) is 5.46. The Labute approximate surface area is 208 Å². The van der Waals surface area contributed by atoms with Crippen LogP contribution in [0.1, 0.15) is 28.7 Å². The van der Waals surface area contributed by atoms with Gasteiger partial charge in [-0.15, -0.1) is 11.8 Å². The number of thioether (sulfide) groups is 1. The largest absolute Gasteiger partial charge is 0.489 e. The van der Waals surface area contributed by atoms with E-state index < -0.39 is 0 Å².